The topological polar surface area (TPSA) is 96.0 Å². The van der Waals surface area contributed by atoms with Gasteiger partial charge in [-0.1, -0.05) is 80.1 Å². The summed E-state index contributed by atoms with van der Waals surface area (Å²) < 4.78 is 0. The van der Waals surface area contributed by atoms with Crippen molar-refractivity contribution in [1.82, 2.24) is 15.5 Å². The number of carbonyl (C=O) groups is 2. The van der Waals surface area contributed by atoms with E-state index < -0.39 is 12.1 Å². The molecule has 7 nitrogen and oxygen atoms in total. The third-order valence-electron chi connectivity index (χ3n) is 4.85. The Morgan fingerprint density at radius 2 is 1.70 bits per heavy atom. The molecule has 3 N–H and O–H groups in total. The zero-order chi connectivity index (χ0) is 21.5. The molecule has 0 radical (unpaired) electrons. The fourth-order valence-electron chi connectivity index (χ4n) is 2.87. The Morgan fingerprint density at radius 3 is 2.40 bits per heavy atom. The Bertz CT molecular complexity index is 1010. The van der Waals surface area contributed by atoms with Crippen molar-refractivity contribution in [3.8, 4) is 10.6 Å². The molecular weight excluding hydrogens is 398 g/mol. The normalized spacial score (nSPS) is 12.6. The summed E-state index contributed by atoms with van der Waals surface area (Å²) in [5.41, 5.74) is 2.58. The minimum absolute atomic E-state index is 0.0610. The van der Waals surface area contributed by atoms with Gasteiger partial charge in [-0.2, -0.15) is 0 Å². The lowest BCUT2D eigenvalue weighted by molar-refractivity contribution is -0.119. The van der Waals surface area contributed by atoms with E-state index in [0.717, 1.165) is 22.6 Å². The van der Waals surface area contributed by atoms with E-state index >= 15 is 0 Å². The van der Waals surface area contributed by atoms with E-state index in [9.17, 15) is 9.59 Å². The zero-order valence-corrected chi connectivity index (χ0v) is 18.0. The molecule has 0 unspecified atom stereocenters. The van der Waals surface area contributed by atoms with Crippen molar-refractivity contribution < 1.29 is 9.59 Å². The number of amides is 3. The van der Waals surface area contributed by atoms with Crippen LogP contribution in [0.1, 0.15) is 25.8 Å². The Hall–Kier alpha value is -3.26. The number of urea groups is 1. The summed E-state index contributed by atoms with van der Waals surface area (Å²) in [5, 5.41) is 17.7. The number of rotatable bonds is 7. The Labute approximate surface area is 179 Å². The van der Waals surface area contributed by atoms with Gasteiger partial charge in [0, 0.05) is 11.3 Å². The molecular formula is C22H25N5O2S. The molecule has 30 heavy (non-hydrogen) atoms. The van der Waals surface area contributed by atoms with Crippen LogP contribution >= 0.6 is 11.3 Å². The minimum atomic E-state index is -0.705. The van der Waals surface area contributed by atoms with Gasteiger partial charge in [0.2, 0.25) is 11.0 Å². The average Bonchev–Trinajstić information content (AvgIpc) is 3.22. The van der Waals surface area contributed by atoms with Crippen LogP contribution < -0.4 is 16.0 Å². The van der Waals surface area contributed by atoms with Crippen molar-refractivity contribution in [2.45, 2.75) is 33.2 Å². The number of hydrogen-bond acceptors (Lipinski definition) is 5. The molecule has 3 aromatic rings. The first-order chi connectivity index (χ1) is 14.5. The van der Waals surface area contributed by atoms with Crippen molar-refractivity contribution >= 4 is 34.1 Å². The fourth-order valence-corrected chi connectivity index (χ4v) is 3.62. The van der Waals surface area contributed by atoms with E-state index in [2.05, 4.69) is 26.1 Å². The molecule has 0 aliphatic carbocycles. The van der Waals surface area contributed by atoms with Gasteiger partial charge in [-0.05, 0) is 24.5 Å². The number of nitrogens with zero attached hydrogens (tertiary/aromatic N) is 2. The van der Waals surface area contributed by atoms with Crippen LogP contribution in [0.25, 0.3) is 10.6 Å². The van der Waals surface area contributed by atoms with E-state index in [1.165, 1.54) is 11.3 Å². The summed E-state index contributed by atoms with van der Waals surface area (Å²) in [6.45, 7) is 5.81. The van der Waals surface area contributed by atoms with E-state index in [4.69, 9.17) is 0 Å². The van der Waals surface area contributed by atoms with Gasteiger partial charge < -0.3 is 10.6 Å². The maximum atomic E-state index is 12.9. The Balaban J connectivity index is 1.68. The predicted molar refractivity (Wildman–Crippen MR) is 121 cm³/mol. The molecule has 0 fully saturated rings. The number of hydrogen-bond donors (Lipinski definition) is 3. The molecule has 1 aromatic heterocycles. The van der Waals surface area contributed by atoms with Crippen LogP contribution in [0.2, 0.25) is 0 Å². The van der Waals surface area contributed by atoms with Gasteiger partial charge >= 0.3 is 6.03 Å². The van der Waals surface area contributed by atoms with Crippen LogP contribution in [-0.4, -0.2) is 28.2 Å². The van der Waals surface area contributed by atoms with Crippen molar-refractivity contribution in [3.63, 3.8) is 0 Å². The zero-order valence-electron chi connectivity index (χ0n) is 17.2. The first-order valence-electron chi connectivity index (χ1n) is 9.81. The van der Waals surface area contributed by atoms with Crippen LogP contribution in [0.4, 0.5) is 15.6 Å². The predicted octanol–water partition coefficient (Wildman–Crippen LogP) is 4.69. The van der Waals surface area contributed by atoms with Crippen LogP contribution in [0.5, 0.6) is 0 Å². The second-order valence-corrected chi connectivity index (χ2v) is 8.02. The number of anilines is 2. The molecule has 8 heteroatoms. The van der Waals surface area contributed by atoms with E-state index in [0.29, 0.717) is 10.8 Å². The van der Waals surface area contributed by atoms with Crippen molar-refractivity contribution in [3.05, 3.63) is 60.2 Å². The molecule has 0 aliphatic heterocycles. The van der Waals surface area contributed by atoms with E-state index in [1.807, 2.05) is 75.4 Å². The van der Waals surface area contributed by atoms with Crippen LogP contribution in [0.15, 0.2) is 54.6 Å². The highest BCUT2D eigenvalue weighted by molar-refractivity contribution is 7.18. The van der Waals surface area contributed by atoms with Gasteiger partial charge in [0.15, 0.2) is 0 Å². The second kappa shape index (κ2) is 9.98. The standard InChI is InChI=1S/C22H25N5O2S/c1-4-14(2)18(24-21(29)23-17-13-9-8-10-15(17)3)19(28)25-22-27-26-20(30-22)16-11-6-5-7-12-16/h5-14,18H,4H2,1-3H3,(H2,23,24,29)(H,25,27,28)/t14-,18+/m0/s1. The first-order valence-corrected chi connectivity index (χ1v) is 10.6. The molecule has 2 atom stereocenters. The summed E-state index contributed by atoms with van der Waals surface area (Å²) in [4.78, 5) is 25.4. The highest BCUT2D eigenvalue weighted by atomic mass is 32.1. The highest BCUT2D eigenvalue weighted by Gasteiger charge is 2.27. The lowest BCUT2D eigenvalue weighted by Crippen LogP contribution is -2.49. The number of carbonyl (C=O) groups excluding carboxylic acids is 2. The molecule has 1 heterocycles. The minimum Gasteiger partial charge on any atom is -0.326 e. The van der Waals surface area contributed by atoms with Crippen molar-refractivity contribution in [1.29, 1.82) is 0 Å². The summed E-state index contributed by atoms with van der Waals surface area (Å²) in [7, 11) is 0. The van der Waals surface area contributed by atoms with Crippen molar-refractivity contribution in [2.75, 3.05) is 10.6 Å². The van der Waals surface area contributed by atoms with E-state index in [1.54, 1.807) is 0 Å². The second-order valence-electron chi connectivity index (χ2n) is 7.04. The van der Waals surface area contributed by atoms with Gasteiger partial charge in [-0.25, -0.2) is 4.79 Å². The third kappa shape index (κ3) is 5.42. The number of benzene rings is 2. The number of aryl methyl sites for hydroxylation is 1. The largest absolute Gasteiger partial charge is 0.326 e. The van der Waals surface area contributed by atoms with Crippen LogP contribution in [0, 0.1) is 12.8 Å². The molecule has 3 amide bonds. The summed E-state index contributed by atoms with van der Waals surface area (Å²) in [5.74, 6) is -0.380. The maximum Gasteiger partial charge on any atom is 0.319 e. The van der Waals surface area contributed by atoms with Gasteiger partial charge in [-0.3, -0.25) is 10.1 Å². The molecule has 156 valence electrons. The van der Waals surface area contributed by atoms with Crippen LogP contribution in [0.3, 0.4) is 0 Å². The lowest BCUT2D eigenvalue weighted by atomic mass is 9.98. The number of nitrogens with one attached hydrogen (secondary N) is 3. The van der Waals surface area contributed by atoms with Crippen LogP contribution in [-0.2, 0) is 4.79 Å². The van der Waals surface area contributed by atoms with E-state index in [-0.39, 0.29) is 11.8 Å². The smallest absolute Gasteiger partial charge is 0.319 e. The third-order valence-corrected chi connectivity index (χ3v) is 5.74. The number of aromatic nitrogens is 2. The lowest BCUT2D eigenvalue weighted by Gasteiger charge is -2.23. The van der Waals surface area contributed by atoms with Gasteiger partial charge in [0.1, 0.15) is 11.0 Å². The molecule has 2 aromatic carbocycles. The summed E-state index contributed by atoms with van der Waals surface area (Å²) >= 11 is 1.29. The molecule has 0 spiro atoms. The van der Waals surface area contributed by atoms with Gasteiger partial charge in [-0.15, -0.1) is 10.2 Å². The SMILES string of the molecule is CC[C@H](C)[C@@H](NC(=O)Nc1ccccc1C)C(=O)Nc1nnc(-c2ccccc2)s1. The molecule has 0 bridgehead atoms. The average molecular weight is 424 g/mol. The fraction of sp³-hybridized carbons (Fsp3) is 0.273. The highest BCUT2D eigenvalue weighted by Crippen LogP contribution is 2.26. The monoisotopic (exact) mass is 423 g/mol. The van der Waals surface area contributed by atoms with Crippen molar-refractivity contribution in [2.24, 2.45) is 5.92 Å². The quantitative estimate of drug-likeness (QED) is 0.514. The molecule has 3 rings (SSSR count). The first kappa shape index (κ1) is 21.4. The van der Waals surface area contributed by atoms with Gasteiger partial charge in [0.25, 0.3) is 0 Å². The summed E-state index contributed by atoms with van der Waals surface area (Å²) in [6, 6.07) is 16.0. The summed E-state index contributed by atoms with van der Waals surface area (Å²) in [6.07, 6.45) is 0.730. The molecule has 0 aliphatic rings. The molecule has 0 saturated carbocycles. The maximum absolute atomic E-state index is 12.9. The Morgan fingerprint density at radius 1 is 1.00 bits per heavy atom. The van der Waals surface area contributed by atoms with Gasteiger partial charge in [0.05, 0.1) is 0 Å². The Kier molecular flexibility index (Phi) is 7.13. The molecule has 0 saturated heterocycles. The number of para-hydroxylation sites is 1.